The Bertz CT molecular complexity index is 669. The van der Waals surface area contributed by atoms with Crippen molar-refractivity contribution in [3.05, 3.63) is 41.7 Å². The molecule has 2 atom stereocenters. The number of nitrogens with one attached hydrogen (secondary N) is 2. The first-order valence-electron chi connectivity index (χ1n) is 7.78. The number of hydrogen-bond donors (Lipinski definition) is 2. The minimum Gasteiger partial charge on any atom is -0.497 e. The van der Waals surface area contributed by atoms with Crippen molar-refractivity contribution in [2.45, 2.75) is 42.4 Å². The topological polar surface area (TPSA) is 67.0 Å². The molecule has 1 heterocycles. The molecule has 0 radical (unpaired) electrons. The standard InChI is InChI=1S/C17H21N3O2S/c1-11(23-15-6-4-14(22-2)5-7-15)17(21)19-13-3-8-16-12(9-13)10-18-20-16/h4-7,10-11,13H,3,8-9H2,1-2H3,(H,18,20)(H,19,21)/t11-,13+/m1/s1. The van der Waals surface area contributed by atoms with E-state index in [1.165, 1.54) is 11.3 Å². The van der Waals surface area contributed by atoms with E-state index in [-0.39, 0.29) is 17.2 Å². The van der Waals surface area contributed by atoms with E-state index in [1.807, 2.05) is 37.4 Å². The van der Waals surface area contributed by atoms with Crippen LogP contribution in [0, 0.1) is 0 Å². The number of thioether (sulfide) groups is 1. The molecular formula is C17H21N3O2S. The van der Waals surface area contributed by atoms with E-state index in [2.05, 4.69) is 15.5 Å². The van der Waals surface area contributed by atoms with E-state index in [0.717, 1.165) is 29.9 Å². The number of fused-ring (bicyclic) bond motifs is 1. The Morgan fingerprint density at radius 1 is 1.43 bits per heavy atom. The maximum atomic E-state index is 12.4. The fourth-order valence-corrected chi connectivity index (χ4v) is 3.65. The Kier molecular flexibility index (Phi) is 4.91. The fraction of sp³-hybridized carbons (Fsp3) is 0.412. The molecule has 2 N–H and O–H groups in total. The summed E-state index contributed by atoms with van der Waals surface area (Å²) in [5.74, 6) is 0.910. The van der Waals surface area contributed by atoms with Crippen LogP contribution in [0.3, 0.4) is 0 Å². The first-order chi connectivity index (χ1) is 11.2. The van der Waals surface area contributed by atoms with Crippen LogP contribution in [-0.4, -0.2) is 34.5 Å². The molecule has 23 heavy (non-hydrogen) atoms. The van der Waals surface area contributed by atoms with E-state index in [0.29, 0.717) is 0 Å². The lowest BCUT2D eigenvalue weighted by Crippen LogP contribution is -2.42. The zero-order chi connectivity index (χ0) is 16.2. The summed E-state index contributed by atoms with van der Waals surface area (Å²) >= 11 is 1.56. The van der Waals surface area contributed by atoms with Crippen molar-refractivity contribution in [1.29, 1.82) is 0 Å². The van der Waals surface area contributed by atoms with Crippen LogP contribution < -0.4 is 10.1 Å². The van der Waals surface area contributed by atoms with Gasteiger partial charge in [0, 0.05) is 16.6 Å². The highest BCUT2D eigenvalue weighted by Crippen LogP contribution is 2.26. The van der Waals surface area contributed by atoms with Gasteiger partial charge in [-0.1, -0.05) is 0 Å². The number of carbonyl (C=O) groups excluding carboxylic acids is 1. The van der Waals surface area contributed by atoms with E-state index >= 15 is 0 Å². The Hall–Kier alpha value is -1.95. The SMILES string of the molecule is COc1ccc(S[C@H](C)C(=O)N[C@H]2CCc3[nH]ncc3C2)cc1. The molecule has 0 aliphatic heterocycles. The number of H-pyrrole nitrogens is 1. The van der Waals surface area contributed by atoms with Gasteiger partial charge in [0.15, 0.2) is 0 Å². The molecule has 2 aromatic rings. The van der Waals surface area contributed by atoms with Crippen molar-refractivity contribution in [3.63, 3.8) is 0 Å². The molecule has 6 heteroatoms. The van der Waals surface area contributed by atoms with Crippen molar-refractivity contribution in [1.82, 2.24) is 15.5 Å². The first-order valence-corrected chi connectivity index (χ1v) is 8.66. The monoisotopic (exact) mass is 331 g/mol. The van der Waals surface area contributed by atoms with Crippen LogP contribution in [0.1, 0.15) is 24.6 Å². The van der Waals surface area contributed by atoms with Crippen LogP contribution in [0.2, 0.25) is 0 Å². The van der Waals surface area contributed by atoms with Gasteiger partial charge in [-0.05, 0) is 56.0 Å². The Balaban J connectivity index is 1.53. The van der Waals surface area contributed by atoms with Gasteiger partial charge in [-0.15, -0.1) is 11.8 Å². The number of ether oxygens (including phenoxy) is 1. The van der Waals surface area contributed by atoms with Crippen molar-refractivity contribution < 1.29 is 9.53 Å². The van der Waals surface area contributed by atoms with Gasteiger partial charge in [0.05, 0.1) is 18.6 Å². The summed E-state index contributed by atoms with van der Waals surface area (Å²) in [6.07, 6.45) is 4.63. The number of aryl methyl sites for hydroxylation is 1. The molecular weight excluding hydrogens is 310 g/mol. The minimum atomic E-state index is -0.130. The van der Waals surface area contributed by atoms with Gasteiger partial charge in [-0.25, -0.2) is 0 Å². The number of methoxy groups -OCH3 is 1. The molecule has 5 nitrogen and oxygen atoms in total. The van der Waals surface area contributed by atoms with Crippen molar-refractivity contribution >= 4 is 17.7 Å². The predicted molar refractivity (Wildman–Crippen MR) is 90.9 cm³/mol. The lowest BCUT2D eigenvalue weighted by molar-refractivity contribution is -0.121. The molecule has 1 aliphatic rings. The zero-order valence-electron chi connectivity index (χ0n) is 13.3. The van der Waals surface area contributed by atoms with Crippen LogP contribution in [0.25, 0.3) is 0 Å². The second-order valence-corrected chi connectivity index (χ2v) is 7.17. The molecule has 122 valence electrons. The smallest absolute Gasteiger partial charge is 0.233 e. The number of amides is 1. The molecule has 0 bridgehead atoms. The van der Waals surface area contributed by atoms with Gasteiger partial charge >= 0.3 is 0 Å². The molecule has 0 saturated heterocycles. The second kappa shape index (κ2) is 7.08. The highest BCUT2D eigenvalue weighted by molar-refractivity contribution is 8.00. The molecule has 1 amide bonds. The number of aromatic amines is 1. The van der Waals surface area contributed by atoms with E-state index in [9.17, 15) is 4.79 Å². The van der Waals surface area contributed by atoms with Gasteiger partial charge in [0.2, 0.25) is 5.91 Å². The summed E-state index contributed by atoms with van der Waals surface area (Å²) in [7, 11) is 1.65. The van der Waals surface area contributed by atoms with Gasteiger partial charge in [0.25, 0.3) is 0 Å². The lowest BCUT2D eigenvalue weighted by atomic mass is 9.93. The van der Waals surface area contributed by atoms with E-state index in [1.54, 1.807) is 18.9 Å². The third kappa shape index (κ3) is 3.88. The molecule has 3 rings (SSSR count). The van der Waals surface area contributed by atoms with E-state index < -0.39 is 0 Å². The summed E-state index contributed by atoms with van der Waals surface area (Å²) in [6, 6.07) is 7.98. The highest BCUT2D eigenvalue weighted by atomic mass is 32.2. The number of aromatic nitrogens is 2. The summed E-state index contributed by atoms with van der Waals surface area (Å²) in [6.45, 7) is 1.94. The molecule has 0 fully saturated rings. The molecule has 0 unspecified atom stereocenters. The maximum absolute atomic E-state index is 12.4. The lowest BCUT2D eigenvalue weighted by Gasteiger charge is -2.24. The van der Waals surface area contributed by atoms with E-state index in [4.69, 9.17) is 4.74 Å². The average molecular weight is 331 g/mol. The first kappa shape index (κ1) is 15.9. The van der Waals surface area contributed by atoms with Crippen LogP contribution in [0.4, 0.5) is 0 Å². The molecule has 0 saturated carbocycles. The summed E-state index contributed by atoms with van der Waals surface area (Å²) in [4.78, 5) is 13.5. The van der Waals surface area contributed by atoms with Crippen LogP contribution >= 0.6 is 11.8 Å². The molecule has 1 aromatic heterocycles. The number of hydrogen-bond acceptors (Lipinski definition) is 4. The Morgan fingerprint density at radius 3 is 2.96 bits per heavy atom. The third-order valence-corrected chi connectivity index (χ3v) is 5.22. The minimum absolute atomic E-state index is 0.0859. The molecule has 1 aromatic carbocycles. The molecule has 1 aliphatic carbocycles. The van der Waals surface area contributed by atoms with Crippen LogP contribution in [0.5, 0.6) is 5.75 Å². The Labute approximate surface area is 140 Å². The van der Waals surface area contributed by atoms with Crippen LogP contribution in [-0.2, 0) is 17.6 Å². The number of nitrogens with zero attached hydrogens (tertiary/aromatic N) is 1. The predicted octanol–water partition coefficient (Wildman–Crippen LogP) is 2.57. The number of carbonyl (C=O) groups is 1. The number of rotatable bonds is 5. The van der Waals surface area contributed by atoms with Gasteiger partial charge in [0.1, 0.15) is 5.75 Å². The highest BCUT2D eigenvalue weighted by Gasteiger charge is 2.23. The van der Waals surface area contributed by atoms with Gasteiger partial charge < -0.3 is 10.1 Å². The quantitative estimate of drug-likeness (QED) is 0.827. The van der Waals surface area contributed by atoms with Crippen LogP contribution in [0.15, 0.2) is 35.4 Å². The van der Waals surface area contributed by atoms with Crippen molar-refractivity contribution in [3.8, 4) is 5.75 Å². The summed E-state index contributed by atoms with van der Waals surface area (Å²) in [5, 5.41) is 10.1. The second-order valence-electron chi connectivity index (χ2n) is 5.76. The Morgan fingerprint density at radius 2 is 2.22 bits per heavy atom. The average Bonchev–Trinajstić information content (AvgIpc) is 3.03. The zero-order valence-corrected chi connectivity index (χ0v) is 14.2. The molecule has 0 spiro atoms. The van der Waals surface area contributed by atoms with Crippen molar-refractivity contribution in [2.24, 2.45) is 0 Å². The van der Waals surface area contributed by atoms with Crippen molar-refractivity contribution in [2.75, 3.05) is 7.11 Å². The van der Waals surface area contributed by atoms with Gasteiger partial charge in [-0.2, -0.15) is 5.10 Å². The summed E-state index contributed by atoms with van der Waals surface area (Å²) in [5.41, 5.74) is 2.42. The van der Waals surface area contributed by atoms with Gasteiger partial charge in [-0.3, -0.25) is 9.89 Å². The normalized spacial score (nSPS) is 18.1. The fourth-order valence-electron chi connectivity index (χ4n) is 2.77. The largest absolute Gasteiger partial charge is 0.497 e. The maximum Gasteiger partial charge on any atom is 0.233 e. The third-order valence-electron chi connectivity index (χ3n) is 4.10. The summed E-state index contributed by atoms with van der Waals surface area (Å²) < 4.78 is 5.15. The number of benzene rings is 1.